The summed E-state index contributed by atoms with van der Waals surface area (Å²) in [6, 6.07) is 7.35. The molecule has 0 bridgehead atoms. The molecular formula is C13H17N3O2. The molecule has 1 aromatic carbocycles. The first-order valence-corrected chi connectivity index (χ1v) is 5.87. The van der Waals surface area contributed by atoms with Gasteiger partial charge in [-0.05, 0) is 31.5 Å². The van der Waals surface area contributed by atoms with E-state index in [9.17, 15) is 5.11 Å². The van der Waals surface area contributed by atoms with Crippen LogP contribution < -0.4 is 4.74 Å². The third-order valence-corrected chi connectivity index (χ3v) is 2.47. The Morgan fingerprint density at radius 1 is 1.22 bits per heavy atom. The van der Waals surface area contributed by atoms with Gasteiger partial charge in [0.25, 0.3) is 0 Å². The minimum atomic E-state index is -0.758. The van der Waals surface area contributed by atoms with Crippen LogP contribution in [0, 0.1) is 0 Å². The molecule has 0 fully saturated rings. The van der Waals surface area contributed by atoms with E-state index in [0.29, 0.717) is 5.69 Å². The van der Waals surface area contributed by atoms with Gasteiger partial charge in [-0.15, -0.1) is 0 Å². The number of hydrogen-bond acceptors (Lipinski definition) is 4. The molecule has 2 aromatic rings. The molecule has 0 aliphatic carbocycles. The van der Waals surface area contributed by atoms with Gasteiger partial charge in [-0.2, -0.15) is 15.0 Å². The fraction of sp³-hybridized carbons (Fsp3) is 0.385. The predicted octanol–water partition coefficient (Wildman–Crippen LogP) is 1.68. The van der Waals surface area contributed by atoms with Crippen molar-refractivity contribution in [2.75, 3.05) is 0 Å². The highest BCUT2D eigenvalue weighted by Crippen LogP contribution is 2.22. The predicted molar refractivity (Wildman–Crippen MR) is 67.3 cm³/mol. The van der Waals surface area contributed by atoms with Crippen molar-refractivity contribution in [3.8, 4) is 5.75 Å². The van der Waals surface area contributed by atoms with Crippen LogP contribution in [0.15, 0.2) is 30.5 Å². The van der Waals surface area contributed by atoms with Gasteiger partial charge in [0.05, 0.1) is 12.3 Å². The number of aliphatic hydroxyl groups excluding tert-OH is 1. The van der Waals surface area contributed by atoms with Gasteiger partial charge in [0, 0.05) is 7.05 Å². The molecule has 18 heavy (non-hydrogen) atoms. The standard InChI is InChI=1S/C13H17N3O2/c1-9(2)18-11-6-4-10(5-7-11)13(17)12-8-14-16(3)15-12/h4-9,13,17H,1-3H3. The quantitative estimate of drug-likeness (QED) is 0.893. The zero-order chi connectivity index (χ0) is 13.1. The summed E-state index contributed by atoms with van der Waals surface area (Å²) >= 11 is 0. The van der Waals surface area contributed by atoms with Crippen molar-refractivity contribution < 1.29 is 9.84 Å². The number of nitrogens with zero attached hydrogens (tertiary/aromatic N) is 3. The maximum Gasteiger partial charge on any atom is 0.124 e. The molecule has 0 radical (unpaired) electrons. The summed E-state index contributed by atoms with van der Waals surface area (Å²) in [6.45, 7) is 3.95. The minimum Gasteiger partial charge on any atom is -0.491 e. The van der Waals surface area contributed by atoms with Crippen molar-refractivity contribution in [2.24, 2.45) is 7.05 Å². The summed E-state index contributed by atoms with van der Waals surface area (Å²) in [6.07, 6.45) is 0.941. The van der Waals surface area contributed by atoms with Gasteiger partial charge >= 0.3 is 0 Å². The first-order chi connectivity index (χ1) is 8.56. The maximum absolute atomic E-state index is 10.1. The van der Waals surface area contributed by atoms with E-state index in [2.05, 4.69) is 10.2 Å². The molecule has 0 spiro atoms. The Labute approximate surface area is 106 Å². The lowest BCUT2D eigenvalue weighted by Gasteiger charge is -2.11. The van der Waals surface area contributed by atoms with Crippen molar-refractivity contribution >= 4 is 0 Å². The van der Waals surface area contributed by atoms with E-state index in [0.717, 1.165) is 11.3 Å². The van der Waals surface area contributed by atoms with Crippen LogP contribution in [0.1, 0.15) is 31.2 Å². The van der Waals surface area contributed by atoms with Crippen molar-refractivity contribution in [1.82, 2.24) is 15.0 Å². The van der Waals surface area contributed by atoms with Gasteiger partial charge in [0.1, 0.15) is 17.5 Å². The SMILES string of the molecule is CC(C)Oc1ccc(C(O)c2cnn(C)n2)cc1. The summed E-state index contributed by atoms with van der Waals surface area (Å²) in [7, 11) is 1.72. The second-order valence-electron chi connectivity index (χ2n) is 4.40. The Bertz CT molecular complexity index is 505. The number of hydrogen-bond donors (Lipinski definition) is 1. The Hall–Kier alpha value is -1.88. The normalized spacial score (nSPS) is 12.7. The Balaban J connectivity index is 2.14. The van der Waals surface area contributed by atoms with E-state index in [1.54, 1.807) is 13.2 Å². The molecule has 0 aliphatic heterocycles. The highest BCUT2D eigenvalue weighted by molar-refractivity contribution is 5.31. The highest BCUT2D eigenvalue weighted by atomic mass is 16.5. The van der Waals surface area contributed by atoms with Crippen LogP contribution in [0.2, 0.25) is 0 Å². The lowest BCUT2D eigenvalue weighted by atomic mass is 10.1. The summed E-state index contributed by atoms with van der Waals surface area (Å²) in [5, 5.41) is 18.1. The second kappa shape index (κ2) is 5.18. The third-order valence-electron chi connectivity index (χ3n) is 2.47. The molecule has 1 atom stereocenters. The smallest absolute Gasteiger partial charge is 0.124 e. The Morgan fingerprint density at radius 3 is 2.39 bits per heavy atom. The monoisotopic (exact) mass is 247 g/mol. The summed E-state index contributed by atoms with van der Waals surface area (Å²) in [5.74, 6) is 0.792. The van der Waals surface area contributed by atoms with Crippen LogP contribution in [0.3, 0.4) is 0 Å². The molecule has 0 amide bonds. The van der Waals surface area contributed by atoms with E-state index in [-0.39, 0.29) is 6.10 Å². The summed E-state index contributed by atoms with van der Waals surface area (Å²) in [4.78, 5) is 1.43. The van der Waals surface area contributed by atoms with Crippen LogP contribution in [0.25, 0.3) is 0 Å². The van der Waals surface area contributed by atoms with Crippen molar-refractivity contribution in [2.45, 2.75) is 26.1 Å². The van der Waals surface area contributed by atoms with E-state index in [4.69, 9.17) is 4.74 Å². The van der Waals surface area contributed by atoms with Crippen LogP contribution >= 0.6 is 0 Å². The van der Waals surface area contributed by atoms with Gasteiger partial charge in [-0.1, -0.05) is 12.1 Å². The molecule has 1 aromatic heterocycles. The molecular weight excluding hydrogens is 230 g/mol. The number of aryl methyl sites for hydroxylation is 1. The van der Waals surface area contributed by atoms with Gasteiger partial charge in [0.15, 0.2) is 0 Å². The fourth-order valence-electron chi connectivity index (χ4n) is 1.66. The molecule has 5 nitrogen and oxygen atoms in total. The third kappa shape index (κ3) is 2.87. The maximum atomic E-state index is 10.1. The van der Waals surface area contributed by atoms with Gasteiger partial charge in [-0.25, -0.2) is 0 Å². The van der Waals surface area contributed by atoms with E-state index in [1.165, 1.54) is 4.80 Å². The highest BCUT2D eigenvalue weighted by Gasteiger charge is 2.13. The minimum absolute atomic E-state index is 0.140. The second-order valence-corrected chi connectivity index (χ2v) is 4.40. The van der Waals surface area contributed by atoms with Gasteiger partial charge in [-0.3, -0.25) is 0 Å². The zero-order valence-electron chi connectivity index (χ0n) is 10.7. The molecule has 96 valence electrons. The fourth-order valence-corrected chi connectivity index (χ4v) is 1.66. The first kappa shape index (κ1) is 12.6. The summed E-state index contributed by atoms with van der Waals surface area (Å²) < 4.78 is 5.55. The lowest BCUT2D eigenvalue weighted by Crippen LogP contribution is -2.06. The molecule has 0 aliphatic rings. The van der Waals surface area contributed by atoms with Crippen LogP contribution in [0.5, 0.6) is 5.75 Å². The topological polar surface area (TPSA) is 60.2 Å². The molecule has 2 rings (SSSR count). The van der Waals surface area contributed by atoms with E-state index < -0.39 is 6.10 Å². The van der Waals surface area contributed by atoms with Gasteiger partial charge < -0.3 is 9.84 Å². The molecule has 1 heterocycles. The zero-order valence-corrected chi connectivity index (χ0v) is 10.7. The first-order valence-electron chi connectivity index (χ1n) is 5.87. The lowest BCUT2D eigenvalue weighted by molar-refractivity contribution is 0.213. The number of benzene rings is 1. The van der Waals surface area contributed by atoms with Crippen LogP contribution in [-0.2, 0) is 7.05 Å². The average molecular weight is 247 g/mol. The van der Waals surface area contributed by atoms with Gasteiger partial charge in [0.2, 0.25) is 0 Å². The number of aliphatic hydroxyl groups is 1. The Kier molecular flexibility index (Phi) is 3.62. The van der Waals surface area contributed by atoms with E-state index >= 15 is 0 Å². The van der Waals surface area contributed by atoms with Crippen molar-refractivity contribution in [1.29, 1.82) is 0 Å². The van der Waals surface area contributed by atoms with Crippen molar-refractivity contribution in [3.05, 3.63) is 41.7 Å². The Morgan fingerprint density at radius 2 is 1.89 bits per heavy atom. The van der Waals surface area contributed by atoms with Crippen LogP contribution in [-0.4, -0.2) is 26.2 Å². The van der Waals surface area contributed by atoms with Crippen LogP contribution in [0.4, 0.5) is 0 Å². The largest absolute Gasteiger partial charge is 0.491 e. The number of aromatic nitrogens is 3. The molecule has 0 saturated heterocycles. The number of ether oxygens (including phenoxy) is 1. The van der Waals surface area contributed by atoms with E-state index in [1.807, 2.05) is 38.1 Å². The number of rotatable bonds is 4. The molecule has 1 N–H and O–H groups in total. The summed E-state index contributed by atoms with van der Waals surface area (Å²) in [5.41, 5.74) is 1.31. The molecule has 0 saturated carbocycles. The molecule has 5 heteroatoms. The van der Waals surface area contributed by atoms with Crippen molar-refractivity contribution in [3.63, 3.8) is 0 Å². The average Bonchev–Trinajstić information content (AvgIpc) is 2.75. The molecule has 1 unspecified atom stereocenters.